The molecule has 9 nitrogen and oxygen atoms in total. The number of carbonyl (C=O) groups is 4. The predicted octanol–water partition coefficient (Wildman–Crippen LogP) is 2.49. The van der Waals surface area contributed by atoms with Crippen molar-refractivity contribution in [2.45, 2.75) is 38.4 Å². The summed E-state index contributed by atoms with van der Waals surface area (Å²) in [5, 5.41) is 2.82. The number of amides is 3. The van der Waals surface area contributed by atoms with Crippen LogP contribution in [0, 0.1) is 0 Å². The Bertz CT molecular complexity index is 1160. The molecule has 1 fully saturated rings. The van der Waals surface area contributed by atoms with E-state index in [1.807, 2.05) is 13.0 Å². The summed E-state index contributed by atoms with van der Waals surface area (Å²) in [6, 6.07) is 12.1. The van der Waals surface area contributed by atoms with Crippen LogP contribution < -0.4 is 15.0 Å². The molecule has 1 saturated heterocycles. The molecule has 4 rings (SSSR count). The summed E-state index contributed by atoms with van der Waals surface area (Å²) in [7, 11) is 2.75. The van der Waals surface area contributed by atoms with Gasteiger partial charge in [0.2, 0.25) is 11.8 Å². The lowest BCUT2D eigenvalue weighted by Gasteiger charge is -2.48. The van der Waals surface area contributed by atoms with Crippen molar-refractivity contribution >= 4 is 29.4 Å². The highest BCUT2D eigenvalue weighted by molar-refractivity contribution is 6.10. The van der Waals surface area contributed by atoms with Gasteiger partial charge in [-0.15, -0.1) is 0 Å². The van der Waals surface area contributed by atoms with Gasteiger partial charge >= 0.3 is 5.97 Å². The molecule has 2 aliphatic rings. The van der Waals surface area contributed by atoms with E-state index in [0.717, 1.165) is 0 Å². The van der Waals surface area contributed by atoms with Crippen molar-refractivity contribution < 1.29 is 28.7 Å². The van der Waals surface area contributed by atoms with E-state index in [9.17, 15) is 19.2 Å². The first-order valence-corrected chi connectivity index (χ1v) is 11.1. The van der Waals surface area contributed by atoms with Gasteiger partial charge in [0.15, 0.2) is 0 Å². The fourth-order valence-electron chi connectivity index (χ4n) is 4.68. The monoisotopic (exact) mass is 465 g/mol. The molecular weight excluding hydrogens is 438 g/mol. The molecule has 178 valence electrons. The number of hydrogen-bond donors (Lipinski definition) is 1. The zero-order chi connectivity index (χ0) is 24.5. The third kappa shape index (κ3) is 3.98. The summed E-state index contributed by atoms with van der Waals surface area (Å²) < 4.78 is 9.97. The molecule has 0 bridgehead atoms. The molecule has 3 amide bonds. The van der Waals surface area contributed by atoms with Gasteiger partial charge in [-0.3, -0.25) is 19.3 Å². The molecule has 2 aromatic carbocycles. The maximum absolute atomic E-state index is 13.3. The van der Waals surface area contributed by atoms with Gasteiger partial charge in [0.1, 0.15) is 17.0 Å². The lowest BCUT2D eigenvalue weighted by molar-refractivity contribution is -0.121. The number of hydrogen-bond acceptors (Lipinski definition) is 6. The number of ether oxygens (including phenoxy) is 2. The fraction of sp³-hybridized carbons (Fsp3) is 0.360. The van der Waals surface area contributed by atoms with E-state index in [0.29, 0.717) is 35.4 Å². The third-order valence-corrected chi connectivity index (χ3v) is 6.47. The lowest BCUT2D eigenvalue weighted by Crippen LogP contribution is -2.62. The first-order chi connectivity index (χ1) is 16.3. The Morgan fingerprint density at radius 1 is 1.12 bits per heavy atom. The van der Waals surface area contributed by atoms with E-state index in [1.165, 1.54) is 14.2 Å². The SMILES string of the molecule is COC(=O)c1cc(CNC(=O)CCN2C(=O)c3ccccc3N3C(=O)CCC23C)ccc1OC. The molecule has 1 unspecified atom stereocenters. The summed E-state index contributed by atoms with van der Waals surface area (Å²) in [5.74, 6) is -0.610. The molecule has 0 aromatic heterocycles. The Hall–Kier alpha value is -3.88. The van der Waals surface area contributed by atoms with Crippen molar-refractivity contribution in [3.05, 3.63) is 59.2 Å². The number of nitrogens with zero attached hydrogens (tertiary/aromatic N) is 2. The molecule has 0 saturated carbocycles. The van der Waals surface area contributed by atoms with Crippen LogP contribution in [0.25, 0.3) is 0 Å². The second-order valence-electron chi connectivity index (χ2n) is 8.47. The van der Waals surface area contributed by atoms with Crippen molar-refractivity contribution in [3.8, 4) is 5.75 Å². The van der Waals surface area contributed by atoms with Crippen LogP contribution in [0.4, 0.5) is 5.69 Å². The van der Waals surface area contributed by atoms with E-state index < -0.39 is 11.6 Å². The van der Waals surface area contributed by atoms with Crippen LogP contribution in [0.1, 0.15) is 52.5 Å². The molecule has 0 radical (unpaired) electrons. The Kier molecular flexibility index (Phi) is 6.28. The highest BCUT2D eigenvalue weighted by Crippen LogP contribution is 2.43. The fourth-order valence-corrected chi connectivity index (χ4v) is 4.68. The molecule has 2 aliphatic heterocycles. The predicted molar refractivity (Wildman–Crippen MR) is 123 cm³/mol. The maximum Gasteiger partial charge on any atom is 0.341 e. The minimum absolute atomic E-state index is 0.0298. The van der Waals surface area contributed by atoms with E-state index in [1.54, 1.807) is 46.2 Å². The van der Waals surface area contributed by atoms with E-state index in [2.05, 4.69) is 5.32 Å². The summed E-state index contributed by atoms with van der Waals surface area (Å²) in [6.07, 6.45) is 0.933. The van der Waals surface area contributed by atoms with E-state index in [4.69, 9.17) is 9.47 Å². The topological polar surface area (TPSA) is 105 Å². The van der Waals surface area contributed by atoms with Gasteiger partial charge in [0.25, 0.3) is 5.91 Å². The minimum Gasteiger partial charge on any atom is -0.496 e. The maximum atomic E-state index is 13.3. The van der Waals surface area contributed by atoms with Crippen LogP contribution in [0.2, 0.25) is 0 Å². The van der Waals surface area contributed by atoms with Crippen molar-refractivity contribution in [2.24, 2.45) is 0 Å². The normalized spacial score (nSPS) is 18.9. The highest BCUT2D eigenvalue weighted by atomic mass is 16.5. The molecule has 0 aliphatic carbocycles. The van der Waals surface area contributed by atoms with Crippen molar-refractivity contribution in [1.29, 1.82) is 0 Å². The van der Waals surface area contributed by atoms with Gasteiger partial charge in [0, 0.05) is 25.9 Å². The summed E-state index contributed by atoms with van der Waals surface area (Å²) in [6.45, 7) is 2.25. The first kappa shape index (κ1) is 23.3. The van der Waals surface area contributed by atoms with Crippen LogP contribution in [-0.4, -0.2) is 55.0 Å². The number of fused-ring (bicyclic) bond motifs is 3. The summed E-state index contributed by atoms with van der Waals surface area (Å²) in [4.78, 5) is 53.8. The molecule has 34 heavy (non-hydrogen) atoms. The van der Waals surface area contributed by atoms with Crippen LogP contribution in [0.5, 0.6) is 5.75 Å². The van der Waals surface area contributed by atoms with E-state index >= 15 is 0 Å². The van der Waals surface area contributed by atoms with Crippen LogP contribution >= 0.6 is 0 Å². The zero-order valence-corrected chi connectivity index (χ0v) is 19.4. The summed E-state index contributed by atoms with van der Waals surface area (Å²) >= 11 is 0. The first-order valence-electron chi connectivity index (χ1n) is 11.1. The average Bonchev–Trinajstić information content (AvgIpc) is 3.16. The zero-order valence-electron chi connectivity index (χ0n) is 19.4. The molecule has 1 atom stereocenters. The molecule has 2 heterocycles. The quantitative estimate of drug-likeness (QED) is 0.630. The average molecular weight is 466 g/mol. The Morgan fingerprint density at radius 2 is 1.88 bits per heavy atom. The standard InChI is InChI=1S/C25H27N3O6/c1-25-12-10-22(30)28(25)19-7-5-4-6-17(19)23(31)27(25)13-11-21(29)26-15-16-8-9-20(33-2)18(14-16)24(32)34-3/h4-9,14H,10-13,15H2,1-3H3,(H,26,29). The number of rotatable bonds is 7. The number of methoxy groups -OCH3 is 2. The van der Waals surface area contributed by atoms with Crippen LogP contribution in [0.15, 0.2) is 42.5 Å². The molecule has 0 spiro atoms. The Morgan fingerprint density at radius 3 is 2.62 bits per heavy atom. The van der Waals surface area contributed by atoms with Crippen LogP contribution in [0.3, 0.4) is 0 Å². The number of esters is 1. The van der Waals surface area contributed by atoms with Gasteiger partial charge in [-0.2, -0.15) is 0 Å². The highest BCUT2D eigenvalue weighted by Gasteiger charge is 2.52. The number of benzene rings is 2. The van der Waals surface area contributed by atoms with Gasteiger partial charge in [-0.1, -0.05) is 18.2 Å². The van der Waals surface area contributed by atoms with Gasteiger partial charge in [0.05, 0.1) is 25.5 Å². The summed E-state index contributed by atoms with van der Waals surface area (Å²) in [5.41, 5.74) is 1.27. The van der Waals surface area contributed by atoms with Crippen molar-refractivity contribution in [2.75, 3.05) is 25.7 Å². The van der Waals surface area contributed by atoms with Gasteiger partial charge in [-0.25, -0.2) is 4.79 Å². The number of carbonyl (C=O) groups excluding carboxylic acids is 4. The van der Waals surface area contributed by atoms with Crippen molar-refractivity contribution in [3.63, 3.8) is 0 Å². The van der Waals surface area contributed by atoms with E-state index in [-0.39, 0.29) is 42.8 Å². The molecule has 2 aromatic rings. The number of para-hydroxylation sites is 1. The third-order valence-electron chi connectivity index (χ3n) is 6.47. The van der Waals surface area contributed by atoms with Gasteiger partial charge < -0.3 is 19.7 Å². The Labute approximate surface area is 197 Å². The smallest absolute Gasteiger partial charge is 0.341 e. The molecule has 1 N–H and O–H groups in total. The molecular formula is C25H27N3O6. The number of anilines is 1. The minimum atomic E-state index is -0.797. The van der Waals surface area contributed by atoms with Crippen molar-refractivity contribution in [1.82, 2.24) is 10.2 Å². The lowest BCUT2D eigenvalue weighted by atomic mass is 9.98. The Balaban J connectivity index is 1.44. The van der Waals surface area contributed by atoms with Crippen LogP contribution in [-0.2, 0) is 20.9 Å². The second-order valence-corrected chi connectivity index (χ2v) is 8.47. The van der Waals surface area contributed by atoms with Gasteiger partial charge in [-0.05, 0) is 43.2 Å². The largest absolute Gasteiger partial charge is 0.496 e. The molecule has 9 heteroatoms. The number of nitrogens with one attached hydrogen (secondary N) is 1. The second kappa shape index (κ2) is 9.17.